The second-order valence-corrected chi connectivity index (χ2v) is 7.18. The third kappa shape index (κ3) is 1.53. The van der Waals surface area contributed by atoms with E-state index in [0.717, 1.165) is 42.6 Å². The molecule has 5 rings (SSSR count). The lowest BCUT2D eigenvalue weighted by Crippen LogP contribution is -2.50. The van der Waals surface area contributed by atoms with E-state index in [1.807, 2.05) is 6.92 Å². The first-order valence-electron chi connectivity index (χ1n) is 7.46. The van der Waals surface area contributed by atoms with Crippen molar-refractivity contribution in [3.05, 3.63) is 17.4 Å². The van der Waals surface area contributed by atoms with Crippen LogP contribution in [0.1, 0.15) is 54.4 Å². The first kappa shape index (κ1) is 11.6. The summed E-state index contributed by atoms with van der Waals surface area (Å²) < 4.78 is 5.24. The standard InChI is InChI=1S/C16H21NO2/c1-9-8-19-15(17)13(9)14(18)16-5-10-2-11(6-16)4-12(3-10)7-16/h8,10-12H,2-7,17H2,1H3. The molecular weight excluding hydrogens is 238 g/mol. The Bertz CT molecular complexity index is 488. The topological polar surface area (TPSA) is 56.2 Å². The van der Waals surface area contributed by atoms with Gasteiger partial charge >= 0.3 is 0 Å². The van der Waals surface area contributed by atoms with Crippen LogP contribution in [-0.4, -0.2) is 5.78 Å². The van der Waals surface area contributed by atoms with E-state index < -0.39 is 0 Å². The van der Waals surface area contributed by atoms with Crippen molar-refractivity contribution in [3.63, 3.8) is 0 Å². The number of nitrogens with two attached hydrogens (primary N) is 1. The van der Waals surface area contributed by atoms with Crippen molar-refractivity contribution >= 4 is 11.7 Å². The zero-order chi connectivity index (χ0) is 13.2. The minimum Gasteiger partial charge on any atom is -0.448 e. The molecule has 0 amide bonds. The average Bonchev–Trinajstić information content (AvgIpc) is 2.66. The number of furan rings is 1. The maximum absolute atomic E-state index is 13.1. The predicted octanol–water partition coefficient (Wildman–Crippen LogP) is 3.57. The van der Waals surface area contributed by atoms with E-state index in [2.05, 4.69) is 0 Å². The van der Waals surface area contributed by atoms with Gasteiger partial charge in [0.1, 0.15) is 0 Å². The van der Waals surface area contributed by atoms with Crippen LogP contribution in [0.25, 0.3) is 0 Å². The SMILES string of the molecule is Cc1coc(N)c1C(=O)C12CC3CC(CC(C3)C1)C2. The molecule has 19 heavy (non-hydrogen) atoms. The number of aryl methyl sites for hydroxylation is 1. The Balaban J connectivity index is 1.74. The smallest absolute Gasteiger partial charge is 0.201 e. The van der Waals surface area contributed by atoms with Gasteiger partial charge in [-0.3, -0.25) is 4.79 Å². The largest absolute Gasteiger partial charge is 0.448 e. The molecule has 0 radical (unpaired) electrons. The minimum atomic E-state index is -0.114. The van der Waals surface area contributed by atoms with E-state index in [0.29, 0.717) is 11.4 Å². The molecule has 4 aliphatic carbocycles. The molecule has 1 heterocycles. The summed E-state index contributed by atoms with van der Waals surface area (Å²) in [5, 5.41) is 0. The Kier molecular flexibility index (Phi) is 2.22. The number of nitrogen functional groups attached to an aromatic ring is 1. The van der Waals surface area contributed by atoms with Gasteiger partial charge in [0.25, 0.3) is 0 Å². The molecule has 0 aromatic carbocycles. The van der Waals surface area contributed by atoms with Gasteiger partial charge in [0.15, 0.2) is 5.78 Å². The second kappa shape index (κ2) is 3.65. The molecule has 4 fully saturated rings. The quantitative estimate of drug-likeness (QED) is 0.826. The van der Waals surface area contributed by atoms with Gasteiger partial charge < -0.3 is 10.2 Å². The molecule has 102 valence electrons. The average molecular weight is 259 g/mol. The molecule has 0 atom stereocenters. The molecule has 1 aromatic rings. The van der Waals surface area contributed by atoms with Crippen molar-refractivity contribution in [1.82, 2.24) is 0 Å². The lowest BCUT2D eigenvalue weighted by Gasteiger charge is -2.55. The highest BCUT2D eigenvalue weighted by molar-refractivity contribution is 6.05. The van der Waals surface area contributed by atoms with Crippen LogP contribution >= 0.6 is 0 Å². The number of anilines is 1. The van der Waals surface area contributed by atoms with Gasteiger partial charge in [0.05, 0.1) is 11.8 Å². The Morgan fingerprint density at radius 2 is 1.74 bits per heavy atom. The molecule has 2 N–H and O–H groups in total. The fraction of sp³-hybridized carbons (Fsp3) is 0.688. The summed E-state index contributed by atoms with van der Waals surface area (Å²) >= 11 is 0. The summed E-state index contributed by atoms with van der Waals surface area (Å²) in [6, 6.07) is 0. The number of rotatable bonds is 2. The van der Waals surface area contributed by atoms with E-state index >= 15 is 0 Å². The number of hydrogen-bond donors (Lipinski definition) is 1. The first-order chi connectivity index (χ1) is 9.07. The monoisotopic (exact) mass is 259 g/mol. The fourth-order valence-electron chi connectivity index (χ4n) is 5.41. The zero-order valence-corrected chi connectivity index (χ0v) is 11.4. The first-order valence-corrected chi connectivity index (χ1v) is 7.46. The van der Waals surface area contributed by atoms with Gasteiger partial charge in [-0.1, -0.05) is 0 Å². The Morgan fingerprint density at radius 3 is 2.16 bits per heavy atom. The summed E-state index contributed by atoms with van der Waals surface area (Å²) in [6.45, 7) is 1.92. The van der Waals surface area contributed by atoms with Crippen LogP contribution in [0.2, 0.25) is 0 Å². The summed E-state index contributed by atoms with van der Waals surface area (Å²) in [4.78, 5) is 13.1. The normalized spacial score (nSPS) is 39.7. The molecule has 4 bridgehead atoms. The predicted molar refractivity (Wildman–Crippen MR) is 72.8 cm³/mol. The van der Waals surface area contributed by atoms with Crippen LogP contribution in [0.3, 0.4) is 0 Å². The summed E-state index contributed by atoms with van der Waals surface area (Å²) in [5.74, 6) is 2.93. The number of hydrogen-bond acceptors (Lipinski definition) is 3. The molecule has 4 aliphatic rings. The van der Waals surface area contributed by atoms with Crippen LogP contribution < -0.4 is 5.73 Å². The Labute approximate surface area is 113 Å². The van der Waals surface area contributed by atoms with Crippen LogP contribution in [0.5, 0.6) is 0 Å². The molecule has 1 aromatic heterocycles. The van der Waals surface area contributed by atoms with Crippen molar-refractivity contribution in [2.24, 2.45) is 23.2 Å². The third-order valence-corrected chi connectivity index (χ3v) is 5.75. The van der Waals surface area contributed by atoms with Crippen LogP contribution in [0, 0.1) is 30.1 Å². The highest BCUT2D eigenvalue weighted by atomic mass is 16.3. The van der Waals surface area contributed by atoms with Crippen LogP contribution in [-0.2, 0) is 0 Å². The van der Waals surface area contributed by atoms with E-state index in [4.69, 9.17) is 10.2 Å². The molecule has 0 spiro atoms. The van der Waals surface area contributed by atoms with Crippen molar-refractivity contribution in [2.45, 2.75) is 45.4 Å². The molecule has 4 saturated carbocycles. The molecule has 3 nitrogen and oxygen atoms in total. The maximum Gasteiger partial charge on any atom is 0.201 e. The van der Waals surface area contributed by atoms with E-state index in [1.54, 1.807) is 6.26 Å². The number of carbonyl (C=O) groups is 1. The van der Waals surface area contributed by atoms with Gasteiger partial charge in [-0.05, 0) is 63.2 Å². The van der Waals surface area contributed by atoms with E-state index in [1.165, 1.54) is 19.3 Å². The van der Waals surface area contributed by atoms with Crippen molar-refractivity contribution in [1.29, 1.82) is 0 Å². The summed E-state index contributed by atoms with van der Waals surface area (Å²) in [6.07, 6.45) is 8.93. The minimum absolute atomic E-state index is 0.114. The zero-order valence-electron chi connectivity index (χ0n) is 11.4. The van der Waals surface area contributed by atoms with Gasteiger partial charge in [0.2, 0.25) is 5.88 Å². The number of Topliss-reactive ketones (excluding diaryl/α,β-unsaturated/α-hetero) is 1. The lowest BCUT2D eigenvalue weighted by atomic mass is 9.48. The van der Waals surface area contributed by atoms with Gasteiger partial charge in [-0.2, -0.15) is 0 Å². The fourth-order valence-corrected chi connectivity index (χ4v) is 5.41. The lowest BCUT2D eigenvalue weighted by molar-refractivity contribution is -0.0353. The highest BCUT2D eigenvalue weighted by Gasteiger charge is 2.55. The van der Waals surface area contributed by atoms with Crippen molar-refractivity contribution in [3.8, 4) is 0 Å². The van der Waals surface area contributed by atoms with Gasteiger partial charge in [-0.25, -0.2) is 0 Å². The van der Waals surface area contributed by atoms with Crippen LogP contribution in [0.4, 0.5) is 5.88 Å². The third-order valence-electron chi connectivity index (χ3n) is 5.75. The highest BCUT2D eigenvalue weighted by Crippen LogP contribution is 2.61. The summed E-state index contributed by atoms with van der Waals surface area (Å²) in [5.41, 5.74) is 7.33. The molecule has 3 heteroatoms. The Hall–Kier alpha value is -1.25. The van der Waals surface area contributed by atoms with Gasteiger partial charge in [0, 0.05) is 11.0 Å². The molecule has 0 unspecified atom stereocenters. The molecule has 0 aliphatic heterocycles. The summed E-state index contributed by atoms with van der Waals surface area (Å²) in [7, 11) is 0. The molecular formula is C16H21NO2. The van der Waals surface area contributed by atoms with E-state index in [9.17, 15) is 4.79 Å². The van der Waals surface area contributed by atoms with Crippen molar-refractivity contribution in [2.75, 3.05) is 5.73 Å². The second-order valence-electron chi connectivity index (χ2n) is 7.18. The Morgan fingerprint density at radius 1 is 1.21 bits per heavy atom. The number of ketones is 1. The number of carbonyl (C=O) groups excluding carboxylic acids is 1. The van der Waals surface area contributed by atoms with Crippen LogP contribution in [0.15, 0.2) is 10.7 Å². The van der Waals surface area contributed by atoms with Gasteiger partial charge in [-0.15, -0.1) is 0 Å². The van der Waals surface area contributed by atoms with E-state index in [-0.39, 0.29) is 11.2 Å². The van der Waals surface area contributed by atoms with Crippen molar-refractivity contribution < 1.29 is 9.21 Å². The maximum atomic E-state index is 13.1. The molecule has 0 saturated heterocycles.